The van der Waals surface area contributed by atoms with Gasteiger partial charge in [0.05, 0.1) is 30.0 Å². The number of hydrogen-bond acceptors (Lipinski definition) is 6. The van der Waals surface area contributed by atoms with Crippen molar-refractivity contribution in [2.24, 2.45) is 0 Å². The molecule has 0 radical (unpaired) electrons. The molecular formula is C21H29N5O3. The number of pyridine rings is 1. The van der Waals surface area contributed by atoms with Crippen LogP contribution in [0.1, 0.15) is 66.9 Å². The third-order valence-corrected chi connectivity index (χ3v) is 6.05. The molecule has 0 aromatic carbocycles. The van der Waals surface area contributed by atoms with E-state index in [9.17, 15) is 9.90 Å². The lowest BCUT2D eigenvalue weighted by atomic mass is 9.97. The van der Waals surface area contributed by atoms with Gasteiger partial charge in [0.15, 0.2) is 0 Å². The fourth-order valence-electron chi connectivity index (χ4n) is 4.37. The molecule has 3 atom stereocenters. The maximum absolute atomic E-state index is 12.4. The standard InChI is InChI=1S/C21H29N5O3/c27-14-20-18(23-21(28)16-6-3-10-22-12-16)8-7-17(29-20)9-11-26-13-19(24-25-26)15-4-1-2-5-15/h3,6,10,12-13,15,17-18,20,27H,1-2,4-5,7-9,11,14H2,(H,23,28)/t17-,18-,20+/m1/s1. The van der Waals surface area contributed by atoms with Crippen LogP contribution in [0.2, 0.25) is 0 Å². The zero-order valence-electron chi connectivity index (χ0n) is 16.6. The Hall–Kier alpha value is -2.32. The fourth-order valence-corrected chi connectivity index (χ4v) is 4.37. The lowest BCUT2D eigenvalue weighted by Gasteiger charge is -2.36. The summed E-state index contributed by atoms with van der Waals surface area (Å²) in [4.78, 5) is 16.3. The fraction of sp³-hybridized carbons (Fsp3) is 0.619. The number of aliphatic hydroxyl groups excluding tert-OH is 1. The molecule has 1 saturated carbocycles. The second-order valence-corrected chi connectivity index (χ2v) is 8.05. The number of ether oxygens (including phenoxy) is 1. The van der Waals surface area contributed by atoms with Crippen molar-refractivity contribution in [1.29, 1.82) is 0 Å². The van der Waals surface area contributed by atoms with Gasteiger partial charge in [-0.15, -0.1) is 5.10 Å². The highest BCUT2D eigenvalue weighted by Gasteiger charge is 2.32. The summed E-state index contributed by atoms with van der Waals surface area (Å²) in [5.74, 6) is 0.378. The van der Waals surface area contributed by atoms with Crippen molar-refractivity contribution in [1.82, 2.24) is 25.3 Å². The van der Waals surface area contributed by atoms with Gasteiger partial charge in [0.25, 0.3) is 5.91 Å². The van der Waals surface area contributed by atoms with E-state index in [1.54, 1.807) is 18.3 Å². The van der Waals surface area contributed by atoms with Gasteiger partial charge in [-0.2, -0.15) is 0 Å². The van der Waals surface area contributed by atoms with Crippen LogP contribution in [0.5, 0.6) is 0 Å². The van der Waals surface area contributed by atoms with Crippen LogP contribution >= 0.6 is 0 Å². The van der Waals surface area contributed by atoms with Gasteiger partial charge in [-0.25, -0.2) is 0 Å². The molecule has 2 aliphatic rings. The van der Waals surface area contributed by atoms with Crippen molar-refractivity contribution in [2.45, 2.75) is 75.7 Å². The highest BCUT2D eigenvalue weighted by atomic mass is 16.5. The van der Waals surface area contributed by atoms with E-state index in [4.69, 9.17) is 4.74 Å². The molecule has 2 aromatic heterocycles. The Bertz CT molecular complexity index is 791. The zero-order chi connectivity index (χ0) is 20.1. The maximum atomic E-state index is 12.4. The van der Waals surface area contributed by atoms with Gasteiger partial charge in [0.2, 0.25) is 0 Å². The Morgan fingerprint density at radius 3 is 2.90 bits per heavy atom. The van der Waals surface area contributed by atoms with Crippen molar-refractivity contribution in [3.8, 4) is 0 Å². The average molecular weight is 399 g/mol. The second-order valence-electron chi connectivity index (χ2n) is 8.05. The molecule has 0 unspecified atom stereocenters. The van der Waals surface area contributed by atoms with E-state index in [0.717, 1.165) is 31.5 Å². The van der Waals surface area contributed by atoms with E-state index in [2.05, 4.69) is 26.8 Å². The van der Waals surface area contributed by atoms with Crippen LogP contribution in [0, 0.1) is 0 Å². The average Bonchev–Trinajstić information content (AvgIpc) is 3.45. The van der Waals surface area contributed by atoms with Gasteiger partial charge >= 0.3 is 0 Å². The molecule has 2 fully saturated rings. The number of hydrogen-bond donors (Lipinski definition) is 2. The third-order valence-electron chi connectivity index (χ3n) is 6.05. The highest BCUT2D eigenvalue weighted by Crippen LogP contribution is 2.32. The van der Waals surface area contributed by atoms with Crippen molar-refractivity contribution in [2.75, 3.05) is 6.61 Å². The molecule has 8 heteroatoms. The van der Waals surface area contributed by atoms with Crippen LogP contribution in [-0.4, -0.2) is 55.8 Å². The Kier molecular flexibility index (Phi) is 6.51. The van der Waals surface area contributed by atoms with Gasteiger partial charge in [-0.1, -0.05) is 18.1 Å². The number of nitrogens with one attached hydrogen (secondary N) is 1. The first-order valence-corrected chi connectivity index (χ1v) is 10.6. The summed E-state index contributed by atoms with van der Waals surface area (Å²) in [7, 11) is 0. The second kappa shape index (κ2) is 9.45. The van der Waals surface area contributed by atoms with Gasteiger partial charge < -0.3 is 15.2 Å². The quantitative estimate of drug-likeness (QED) is 0.739. The number of nitrogens with zero attached hydrogens (tertiary/aromatic N) is 4. The first kappa shape index (κ1) is 20.0. The van der Waals surface area contributed by atoms with Crippen molar-refractivity contribution in [3.63, 3.8) is 0 Å². The topological polar surface area (TPSA) is 102 Å². The van der Waals surface area contributed by atoms with E-state index in [1.165, 1.54) is 31.9 Å². The van der Waals surface area contributed by atoms with Gasteiger partial charge in [-0.05, 0) is 44.2 Å². The van der Waals surface area contributed by atoms with Crippen LogP contribution in [-0.2, 0) is 11.3 Å². The molecule has 1 saturated heterocycles. The molecule has 3 heterocycles. The number of aliphatic hydroxyl groups is 1. The van der Waals surface area contributed by atoms with E-state index < -0.39 is 6.10 Å². The number of carbonyl (C=O) groups is 1. The van der Waals surface area contributed by atoms with Crippen molar-refractivity contribution in [3.05, 3.63) is 42.0 Å². The van der Waals surface area contributed by atoms with E-state index >= 15 is 0 Å². The molecule has 4 rings (SSSR count). The summed E-state index contributed by atoms with van der Waals surface area (Å²) in [5.41, 5.74) is 1.62. The minimum Gasteiger partial charge on any atom is -0.394 e. The highest BCUT2D eigenvalue weighted by molar-refractivity contribution is 5.94. The largest absolute Gasteiger partial charge is 0.394 e. The Morgan fingerprint density at radius 2 is 2.14 bits per heavy atom. The Balaban J connectivity index is 1.26. The van der Waals surface area contributed by atoms with E-state index in [0.29, 0.717) is 11.5 Å². The molecule has 8 nitrogen and oxygen atoms in total. The molecule has 1 aliphatic heterocycles. The first-order chi connectivity index (χ1) is 14.2. The predicted octanol–water partition coefficient (Wildman–Crippen LogP) is 2.06. The van der Waals surface area contributed by atoms with Crippen molar-refractivity contribution >= 4 is 5.91 Å². The number of aromatic nitrogens is 4. The van der Waals surface area contributed by atoms with Gasteiger partial charge in [0.1, 0.15) is 6.10 Å². The number of amides is 1. The summed E-state index contributed by atoms with van der Waals surface area (Å²) in [6, 6.07) is 3.25. The van der Waals surface area contributed by atoms with Gasteiger partial charge in [0, 0.05) is 31.1 Å². The zero-order valence-corrected chi connectivity index (χ0v) is 16.6. The Morgan fingerprint density at radius 1 is 1.28 bits per heavy atom. The number of carbonyl (C=O) groups excluding carboxylic acids is 1. The van der Waals surface area contributed by atoms with Crippen LogP contribution in [0.25, 0.3) is 0 Å². The Labute approximate surface area is 170 Å². The molecule has 29 heavy (non-hydrogen) atoms. The molecular weight excluding hydrogens is 370 g/mol. The van der Waals surface area contributed by atoms with E-state index in [-0.39, 0.29) is 24.7 Å². The van der Waals surface area contributed by atoms with Gasteiger partial charge in [-0.3, -0.25) is 14.5 Å². The molecule has 156 valence electrons. The van der Waals surface area contributed by atoms with E-state index in [1.807, 2.05) is 4.68 Å². The van der Waals surface area contributed by atoms with Crippen LogP contribution in [0.4, 0.5) is 0 Å². The lowest BCUT2D eigenvalue weighted by molar-refractivity contribution is -0.0912. The number of aryl methyl sites for hydroxylation is 1. The van der Waals surface area contributed by atoms with Crippen LogP contribution in [0.15, 0.2) is 30.7 Å². The minimum absolute atomic E-state index is 0.0397. The molecule has 0 spiro atoms. The molecule has 1 aliphatic carbocycles. The van der Waals surface area contributed by atoms with Crippen LogP contribution in [0.3, 0.4) is 0 Å². The van der Waals surface area contributed by atoms with Crippen molar-refractivity contribution < 1.29 is 14.6 Å². The third kappa shape index (κ3) is 5.00. The number of rotatable bonds is 7. The smallest absolute Gasteiger partial charge is 0.253 e. The monoisotopic (exact) mass is 399 g/mol. The first-order valence-electron chi connectivity index (χ1n) is 10.6. The molecule has 0 bridgehead atoms. The maximum Gasteiger partial charge on any atom is 0.253 e. The normalized spacial score (nSPS) is 25.2. The molecule has 1 amide bonds. The summed E-state index contributed by atoms with van der Waals surface area (Å²) < 4.78 is 7.98. The minimum atomic E-state index is -0.404. The summed E-state index contributed by atoms with van der Waals surface area (Å²) >= 11 is 0. The molecule has 2 aromatic rings. The summed E-state index contributed by atoms with van der Waals surface area (Å²) in [6.45, 7) is 0.624. The summed E-state index contributed by atoms with van der Waals surface area (Å²) in [6.07, 6.45) is 12.3. The lowest BCUT2D eigenvalue weighted by Crippen LogP contribution is -2.51. The SMILES string of the molecule is O=C(N[C@@H]1CC[C@H](CCn2cc(C3CCCC3)nn2)O[C@H]1CO)c1cccnc1. The van der Waals surface area contributed by atoms with Crippen LogP contribution < -0.4 is 5.32 Å². The predicted molar refractivity (Wildman–Crippen MR) is 106 cm³/mol. The molecule has 2 N–H and O–H groups in total. The summed E-state index contributed by atoms with van der Waals surface area (Å²) in [5, 5.41) is 21.3.